The van der Waals surface area contributed by atoms with Crippen LogP contribution in [0.15, 0.2) is 0 Å². The third kappa shape index (κ3) is 4.22. The SMILES string of the molecule is CCCC(C)CC(=O)N1CCC([C@@H]2OCCC2C(=O)O)CC1. The number of amides is 1. The summed E-state index contributed by atoms with van der Waals surface area (Å²) in [5.74, 6) is -0.127. The first kappa shape index (κ1) is 17.3. The number of aliphatic carboxylic acids is 1. The molecule has 2 heterocycles. The van der Waals surface area contributed by atoms with E-state index in [1.807, 2.05) is 4.90 Å². The summed E-state index contributed by atoms with van der Waals surface area (Å²) in [5.41, 5.74) is 0. The number of piperidine rings is 1. The summed E-state index contributed by atoms with van der Waals surface area (Å²) in [5, 5.41) is 9.26. The Kier molecular flexibility index (Phi) is 6.24. The molecule has 0 saturated carbocycles. The predicted molar refractivity (Wildman–Crippen MR) is 83.5 cm³/mol. The highest BCUT2D eigenvalue weighted by Crippen LogP contribution is 2.33. The molecule has 0 radical (unpaired) electrons. The number of nitrogens with zero attached hydrogens (tertiary/aromatic N) is 1. The molecule has 5 heteroatoms. The zero-order valence-electron chi connectivity index (χ0n) is 13.8. The van der Waals surface area contributed by atoms with Gasteiger partial charge in [-0.05, 0) is 31.1 Å². The van der Waals surface area contributed by atoms with Gasteiger partial charge in [-0.25, -0.2) is 0 Å². The zero-order chi connectivity index (χ0) is 16.1. The molecule has 0 spiro atoms. The zero-order valence-corrected chi connectivity index (χ0v) is 13.8. The molecule has 2 rings (SSSR count). The Hall–Kier alpha value is -1.10. The first-order valence-corrected chi connectivity index (χ1v) is 8.65. The Labute approximate surface area is 133 Å². The van der Waals surface area contributed by atoms with E-state index in [0.717, 1.165) is 38.8 Å². The minimum atomic E-state index is -0.741. The summed E-state index contributed by atoms with van der Waals surface area (Å²) in [4.78, 5) is 25.5. The van der Waals surface area contributed by atoms with Crippen LogP contribution in [0.3, 0.4) is 0 Å². The highest BCUT2D eigenvalue weighted by Gasteiger charge is 2.40. The van der Waals surface area contributed by atoms with Crippen molar-refractivity contribution in [1.82, 2.24) is 4.90 Å². The third-order valence-corrected chi connectivity index (χ3v) is 5.11. The topological polar surface area (TPSA) is 66.8 Å². The van der Waals surface area contributed by atoms with Gasteiger partial charge in [-0.2, -0.15) is 0 Å². The van der Waals surface area contributed by atoms with E-state index in [1.165, 1.54) is 0 Å². The molecule has 2 aliphatic rings. The highest BCUT2D eigenvalue weighted by molar-refractivity contribution is 5.76. The van der Waals surface area contributed by atoms with Crippen molar-refractivity contribution >= 4 is 11.9 Å². The first-order chi connectivity index (χ1) is 10.5. The van der Waals surface area contributed by atoms with E-state index in [9.17, 15) is 14.7 Å². The van der Waals surface area contributed by atoms with E-state index >= 15 is 0 Å². The minimum Gasteiger partial charge on any atom is -0.481 e. The van der Waals surface area contributed by atoms with Crippen LogP contribution < -0.4 is 0 Å². The molecule has 5 nitrogen and oxygen atoms in total. The van der Waals surface area contributed by atoms with E-state index in [-0.39, 0.29) is 23.8 Å². The second-order valence-corrected chi connectivity index (χ2v) is 6.88. The van der Waals surface area contributed by atoms with Gasteiger partial charge in [-0.3, -0.25) is 9.59 Å². The van der Waals surface area contributed by atoms with E-state index in [0.29, 0.717) is 25.4 Å². The maximum Gasteiger partial charge on any atom is 0.309 e. The molecule has 2 saturated heterocycles. The minimum absolute atomic E-state index is 0.159. The average molecular weight is 311 g/mol. The molecule has 3 atom stereocenters. The summed E-state index contributed by atoms with van der Waals surface area (Å²) < 4.78 is 5.67. The molecule has 0 aliphatic carbocycles. The summed E-state index contributed by atoms with van der Waals surface area (Å²) in [7, 11) is 0. The molecule has 2 fully saturated rings. The van der Waals surface area contributed by atoms with Gasteiger partial charge in [0.15, 0.2) is 0 Å². The number of rotatable bonds is 6. The van der Waals surface area contributed by atoms with E-state index in [1.54, 1.807) is 0 Å². The van der Waals surface area contributed by atoms with Crippen molar-refractivity contribution in [2.24, 2.45) is 17.8 Å². The molecule has 0 aromatic rings. The highest BCUT2D eigenvalue weighted by atomic mass is 16.5. The molecule has 22 heavy (non-hydrogen) atoms. The lowest BCUT2D eigenvalue weighted by molar-refractivity contribution is -0.146. The number of carbonyl (C=O) groups is 2. The van der Waals surface area contributed by atoms with Gasteiger partial charge in [0.2, 0.25) is 5.91 Å². The van der Waals surface area contributed by atoms with Crippen LogP contribution in [0.1, 0.15) is 52.4 Å². The lowest BCUT2D eigenvalue weighted by Gasteiger charge is -2.36. The maximum absolute atomic E-state index is 12.3. The Morgan fingerprint density at radius 2 is 1.95 bits per heavy atom. The van der Waals surface area contributed by atoms with Gasteiger partial charge in [0, 0.05) is 26.1 Å². The lowest BCUT2D eigenvalue weighted by Crippen LogP contribution is -2.43. The third-order valence-electron chi connectivity index (χ3n) is 5.11. The van der Waals surface area contributed by atoms with Crippen molar-refractivity contribution in [1.29, 1.82) is 0 Å². The molecule has 0 aromatic carbocycles. The van der Waals surface area contributed by atoms with Crippen molar-refractivity contribution in [2.45, 2.75) is 58.5 Å². The Bertz CT molecular complexity index is 390. The molecule has 0 aromatic heterocycles. The molecule has 1 amide bonds. The number of carboxylic acids is 1. The van der Waals surface area contributed by atoms with Crippen molar-refractivity contribution < 1.29 is 19.4 Å². The van der Waals surface area contributed by atoms with E-state index in [2.05, 4.69) is 13.8 Å². The molecule has 2 unspecified atom stereocenters. The summed E-state index contributed by atoms with van der Waals surface area (Å²) >= 11 is 0. The Morgan fingerprint density at radius 3 is 2.55 bits per heavy atom. The fourth-order valence-corrected chi connectivity index (χ4v) is 3.84. The van der Waals surface area contributed by atoms with Gasteiger partial charge in [0.1, 0.15) is 0 Å². The van der Waals surface area contributed by atoms with Crippen LogP contribution in [0.2, 0.25) is 0 Å². The fraction of sp³-hybridized carbons (Fsp3) is 0.882. The fourth-order valence-electron chi connectivity index (χ4n) is 3.84. The van der Waals surface area contributed by atoms with Crippen molar-refractivity contribution in [2.75, 3.05) is 19.7 Å². The molecule has 1 N–H and O–H groups in total. The van der Waals surface area contributed by atoms with Crippen LogP contribution in [-0.4, -0.2) is 47.7 Å². The quantitative estimate of drug-likeness (QED) is 0.818. The van der Waals surface area contributed by atoms with E-state index < -0.39 is 5.97 Å². The van der Waals surface area contributed by atoms with Gasteiger partial charge in [-0.1, -0.05) is 26.7 Å². The van der Waals surface area contributed by atoms with Crippen molar-refractivity contribution in [3.05, 3.63) is 0 Å². The standard InChI is InChI=1S/C17H29NO4/c1-3-4-12(2)11-15(19)18-8-5-13(6-9-18)16-14(17(20)21)7-10-22-16/h12-14,16H,3-11H2,1-2H3,(H,20,21)/t12?,14?,16-/m0/s1. The van der Waals surface area contributed by atoms with E-state index in [4.69, 9.17) is 4.74 Å². The van der Waals surface area contributed by atoms with Crippen LogP contribution in [0.4, 0.5) is 0 Å². The largest absolute Gasteiger partial charge is 0.481 e. The van der Waals surface area contributed by atoms with Gasteiger partial charge in [0.05, 0.1) is 12.0 Å². The molecular formula is C17H29NO4. The lowest BCUT2D eigenvalue weighted by atomic mass is 9.84. The van der Waals surface area contributed by atoms with Gasteiger partial charge < -0.3 is 14.7 Å². The Morgan fingerprint density at radius 1 is 1.27 bits per heavy atom. The number of hydrogen-bond donors (Lipinski definition) is 1. The number of carbonyl (C=O) groups excluding carboxylic acids is 1. The number of likely N-dealkylation sites (tertiary alicyclic amines) is 1. The monoisotopic (exact) mass is 311 g/mol. The molecular weight excluding hydrogens is 282 g/mol. The van der Waals surface area contributed by atoms with Crippen LogP contribution in [-0.2, 0) is 14.3 Å². The maximum atomic E-state index is 12.3. The van der Waals surface area contributed by atoms with Crippen LogP contribution in [0, 0.1) is 17.8 Å². The summed E-state index contributed by atoms with van der Waals surface area (Å²) in [6.07, 6.45) is 5.03. The second-order valence-electron chi connectivity index (χ2n) is 6.88. The van der Waals surface area contributed by atoms with Gasteiger partial charge in [0.25, 0.3) is 0 Å². The second kappa shape index (κ2) is 7.95. The normalized spacial score (nSPS) is 27.8. The number of carboxylic acid groups (broad SMARTS) is 1. The van der Waals surface area contributed by atoms with Crippen molar-refractivity contribution in [3.8, 4) is 0 Å². The number of hydrogen-bond acceptors (Lipinski definition) is 3. The predicted octanol–water partition coefficient (Wildman–Crippen LogP) is 2.54. The molecule has 126 valence electrons. The average Bonchev–Trinajstić information content (AvgIpc) is 2.97. The number of ether oxygens (including phenoxy) is 1. The molecule has 2 aliphatic heterocycles. The summed E-state index contributed by atoms with van der Waals surface area (Å²) in [6.45, 7) is 6.32. The summed E-state index contributed by atoms with van der Waals surface area (Å²) in [6, 6.07) is 0. The smallest absolute Gasteiger partial charge is 0.309 e. The first-order valence-electron chi connectivity index (χ1n) is 8.65. The van der Waals surface area contributed by atoms with Gasteiger partial charge >= 0.3 is 5.97 Å². The Balaban J connectivity index is 1.80. The molecule has 0 bridgehead atoms. The van der Waals surface area contributed by atoms with Crippen LogP contribution in [0.5, 0.6) is 0 Å². The van der Waals surface area contributed by atoms with Crippen LogP contribution >= 0.6 is 0 Å². The van der Waals surface area contributed by atoms with Gasteiger partial charge in [-0.15, -0.1) is 0 Å². The van der Waals surface area contributed by atoms with Crippen LogP contribution in [0.25, 0.3) is 0 Å². The van der Waals surface area contributed by atoms with Crippen molar-refractivity contribution in [3.63, 3.8) is 0 Å².